The second kappa shape index (κ2) is 7.65. The number of halogens is 1. The average molecular weight is 403 g/mol. The van der Waals surface area contributed by atoms with Gasteiger partial charge in [-0.3, -0.25) is 10.1 Å². The number of hydrogen-bond acceptors (Lipinski definition) is 5. The molecule has 1 aromatic heterocycles. The summed E-state index contributed by atoms with van der Waals surface area (Å²) >= 11 is 4.71. The summed E-state index contributed by atoms with van der Waals surface area (Å²) < 4.78 is 0.996. The largest absolute Gasteiger partial charge is 0.320 e. The maximum Gasteiger partial charge on any atom is 0.243 e. The van der Waals surface area contributed by atoms with Gasteiger partial charge in [0.1, 0.15) is 5.01 Å². The Hall–Kier alpha value is -2.09. The third kappa shape index (κ3) is 4.25. The Bertz CT molecular complexity index is 820. The van der Waals surface area contributed by atoms with Crippen LogP contribution in [0.5, 0.6) is 0 Å². The number of carbonyl (C=O) groups excluding carboxylic acids is 1. The fourth-order valence-electron chi connectivity index (χ4n) is 2.14. The van der Waals surface area contributed by atoms with Crippen molar-refractivity contribution >= 4 is 38.3 Å². The van der Waals surface area contributed by atoms with Crippen LogP contribution in [0.25, 0.3) is 10.6 Å². The zero-order chi connectivity index (χ0) is 16.9. The van der Waals surface area contributed by atoms with Crippen LogP contribution in [0.3, 0.4) is 0 Å². The Balaban J connectivity index is 1.63. The van der Waals surface area contributed by atoms with E-state index < -0.39 is 6.04 Å². The lowest BCUT2D eigenvalue weighted by molar-refractivity contribution is -0.117. The van der Waals surface area contributed by atoms with Crippen molar-refractivity contribution in [1.82, 2.24) is 10.2 Å². The van der Waals surface area contributed by atoms with Crippen molar-refractivity contribution in [3.63, 3.8) is 0 Å². The number of nitrogens with zero attached hydrogens (tertiary/aromatic N) is 2. The number of rotatable bonds is 5. The smallest absolute Gasteiger partial charge is 0.243 e. The summed E-state index contributed by atoms with van der Waals surface area (Å²) in [5.41, 5.74) is 7.94. The van der Waals surface area contributed by atoms with Crippen LogP contribution in [-0.2, 0) is 11.2 Å². The van der Waals surface area contributed by atoms with Gasteiger partial charge < -0.3 is 5.73 Å². The lowest BCUT2D eigenvalue weighted by Gasteiger charge is -2.10. The summed E-state index contributed by atoms with van der Waals surface area (Å²) in [5.74, 6) is -0.266. The van der Waals surface area contributed by atoms with E-state index in [-0.39, 0.29) is 5.91 Å². The molecular formula is C17H15BrN4OS. The summed E-state index contributed by atoms with van der Waals surface area (Å²) in [6.45, 7) is 0. The van der Waals surface area contributed by atoms with Gasteiger partial charge in [0, 0.05) is 10.0 Å². The lowest BCUT2D eigenvalue weighted by Crippen LogP contribution is -2.37. The molecule has 3 N–H and O–H groups in total. The highest BCUT2D eigenvalue weighted by molar-refractivity contribution is 9.10. The molecule has 0 saturated carbocycles. The maximum atomic E-state index is 12.2. The van der Waals surface area contributed by atoms with E-state index in [0.717, 1.165) is 20.6 Å². The molecule has 0 aliphatic rings. The summed E-state index contributed by atoms with van der Waals surface area (Å²) in [6, 6.07) is 16.8. The molecule has 0 fully saturated rings. The minimum Gasteiger partial charge on any atom is -0.320 e. The Morgan fingerprint density at radius 3 is 2.54 bits per heavy atom. The van der Waals surface area contributed by atoms with Gasteiger partial charge in [0.2, 0.25) is 11.0 Å². The van der Waals surface area contributed by atoms with E-state index in [4.69, 9.17) is 5.73 Å². The molecule has 122 valence electrons. The Morgan fingerprint density at radius 1 is 1.12 bits per heavy atom. The molecule has 3 aromatic rings. The van der Waals surface area contributed by atoms with Crippen LogP contribution < -0.4 is 11.1 Å². The average Bonchev–Trinajstić information content (AvgIpc) is 3.05. The fraction of sp³-hybridized carbons (Fsp3) is 0.118. The van der Waals surface area contributed by atoms with Crippen LogP contribution in [0.4, 0.5) is 5.13 Å². The second-order valence-electron chi connectivity index (χ2n) is 5.20. The van der Waals surface area contributed by atoms with Gasteiger partial charge in [-0.25, -0.2) is 0 Å². The van der Waals surface area contributed by atoms with Gasteiger partial charge in [0.05, 0.1) is 6.04 Å². The number of nitrogens with one attached hydrogen (secondary N) is 1. The van der Waals surface area contributed by atoms with E-state index in [2.05, 4.69) is 31.4 Å². The van der Waals surface area contributed by atoms with Crippen LogP contribution in [0.15, 0.2) is 59.1 Å². The van der Waals surface area contributed by atoms with E-state index in [1.165, 1.54) is 11.3 Å². The molecule has 5 nitrogen and oxygen atoms in total. The highest BCUT2D eigenvalue weighted by atomic mass is 79.9. The molecule has 1 unspecified atom stereocenters. The molecule has 0 radical (unpaired) electrons. The first-order valence-electron chi connectivity index (χ1n) is 7.31. The second-order valence-corrected chi connectivity index (χ2v) is 7.10. The number of amides is 1. The van der Waals surface area contributed by atoms with Crippen molar-refractivity contribution in [2.45, 2.75) is 12.5 Å². The van der Waals surface area contributed by atoms with Gasteiger partial charge in [0.25, 0.3) is 0 Å². The highest BCUT2D eigenvalue weighted by Gasteiger charge is 2.16. The Kier molecular flexibility index (Phi) is 5.34. The van der Waals surface area contributed by atoms with Gasteiger partial charge in [-0.05, 0) is 24.1 Å². The lowest BCUT2D eigenvalue weighted by atomic mass is 10.1. The number of carbonyl (C=O) groups is 1. The summed E-state index contributed by atoms with van der Waals surface area (Å²) in [6.07, 6.45) is 0.477. The Labute approximate surface area is 152 Å². The van der Waals surface area contributed by atoms with E-state index in [0.29, 0.717) is 11.6 Å². The molecule has 0 aliphatic carbocycles. The maximum absolute atomic E-state index is 12.2. The summed E-state index contributed by atoms with van der Waals surface area (Å²) in [7, 11) is 0. The van der Waals surface area contributed by atoms with Crippen molar-refractivity contribution in [2.24, 2.45) is 5.73 Å². The number of anilines is 1. The SMILES string of the molecule is NC(Cc1ccccc1)C(=O)Nc1nnc(-c2ccc(Br)cc2)s1. The van der Waals surface area contributed by atoms with E-state index in [1.807, 2.05) is 54.6 Å². The molecule has 7 heteroatoms. The quantitative estimate of drug-likeness (QED) is 0.684. The number of hydrogen-bond donors (Lipinski definition) is 2. The first kappa shape index (κ1) is 16.8. The molecule has 24 heavy (non-hydrogen) atoms. The fourth-order valence-corrected chi connectivity index (χ4v) is 3.16. The van der Waals surface area contributed by atoms with Gasteiger partial charge >= 0.3 is 0 Å². The predicted molar refractivity (Wildman–Crippen MR) is 99.8 cm³/mol. The van der Waals surface area contributed by atoms with Gasteiger partial charge in [-0.2, -0.15) is 0 Å². The molecule has 0 saturated heterocycles. The molecule has 3 rings (SSSR count). The van der Waals surface area contributed by atoms with Gasteiger partial charge in [0.15, 0.2) is 0 Å². The van der Waals surface area contributed by atoms with Crippen LogP contribution in [0.2, 0.25) is 0 Å². The number of nitrogens with two attached hydrogens (primary N) is 1. The molecule has 0 bridgehead atoms. The first-order valence-corrected chi connectivity index (χ1v) is 8.92. The minimum atomic E-state index is -0.632. The van der Waals surface area contributed by atoms with Crippen molar-refractivity contribution in [3.05, 3.63) is 64.6 Å². The van der Waals surface area contributed by atoms with Crippen LogP contribution >= 0.6 is 27.3 Å². The molecular weight excluding hydrogens is 388 g/mol. The normalized spacial score (nSPS) is 11.9. The third-order valence-corrected chi connectivity index (χ3v) is 4.80. The van der Waals surface area contributed by atoms with Crippen LogP contribution in [0.1, 0.15) is 5.56 Å². The molecule has 1 atom stereocenters. The van der Waals surface area contributed by atoms with Gasteiger partial charge in [-0.1, -0.05) is 69.7 Å². The molecule has 0 aliphatic heterocycles. The van der Waals surface area contributed by atoms with Crippen molar-refractivity contribution < 1.29 is 4.79 Å². The molecule has 1 amide bonds. The van der Waals surface area contributed by atoms with Gasteiger partial charge in [-0.15, -0.1) is 10.2 Å². The number of aromatic nitrogens is 2. The van der Waals surface area contributed by atoms with Crippen LogP contribution in [0, 0.1) is 0 Å². The standard InChI is InChI=1S/C17H15BrN4OS/c18-13-8-6-12(7-9-13)16-21-22-17(24-16)20-15(23)14(19)10-11-4-2-1-3-5-11/h1-9,14H,10,19H2,(H,20,22,23). The van der Waals surface area contributed by atoms with Crippen molar-refractivity contribution in [3.8, 4) is 10.6 Å². The number of benzene rings is 2. The molecule has 1 heterocycles. The van der Waals surface area contributed by atoms with E-state index in [1.54, 1.807) is 0 Å². The summed E-state index contributed by atoms with van der Waals surface area (Å²) in [5, 5.41) is 12.0. The van der Waals surface area contributed by atoms with Crippen molar-refractivity contribution in [1.29, 1.82) is 0 Å². The highest BCUT2D eigenvalue weighted by Crippen LogP contribution is 2.27. The topological polar surface area (TPSA) is 80.9 Å². The molecule has 0 spiro atoms. The zero-order valence-electron chi connectivity index (χ0n) is 12.6. The Morgan fingerprint density at radius 2 is 1.83 bits per heavy atom. The minimum absolute atomic E-state index is 0.266. The monoisotopic (exact) mass is 402 g/mol. The summed E-state index contributed by atoms with van der Waals surface area (Å²) in [4.78, 5) is 12.2. The van der Waals surface area contributed by atoms with E-state index >= 15 is 0 Å². The molecule has 2 aromatic carbocycles. The van der Waals surface area contributed by atoms with Crippen molar-refractivity contribution in [2.75, 3.05) is 5.32 Å². The zero-order valence-corrected chi connectivity index (χ0v) is 15.0. The predicted octanol–water partition coefficient (Wildman–Crippen LogP) is 3.48. The van der Waals surface area contributed by atoms with Crippen LogP contribution in [-0.4, -0.2) is 22.1 Å². The first-order chi connectivity index (χ1) is 11.6. The third-order valence-electron chi connectivity index (χ3n) is 3.38. The van der Waals surface area contributed by atoms with E-state index in [9.17, 15) is 4.79 Å².